The third-order valence-corrected chi connectivity index (χ3v) is 4.13. The summed E-state index contributed by atoms with van der Waals surface area (Å²) in [6.45, 7) is 0. The number of para-hydroxylation sites is 1. The van der Waals surface area contributed by atoms with E-state index in [1.165, 1.54) is 31.4 Å². The van der Waals surface area contributed by atoms with Crippen LogP contribution in [-0.2, 0) is 11.0 Å². The highest BCUT2D eigenvalue weighted by molar-refractivity contribution is 9.10. The molecular weight excluding hydrogens is 429 g/mol. The Balaban J connectivity index is 2.39. The number of carbonyl (C=O) groups excluding carboxylic acids is 1. The van der Waals surface area contributed by atoms with E-state index in [-0.39, 0.29) is 11.5 Å². The van der Waals surface area contributed by atoms with Crippen LogP contribution >= 0.6 is 15.9 Å². The summed E-state index contributed by atoms with van der Waals surface area (Å²) in [6, 6.07) is 8.77. The van der Waals surface area contributed by atoms with Crippen molar-refractivity contribution < 1.29 is 27.8 Å². The van der Waals surface area contributed by atoms with Gasteiger partial charge in [0.15, 0.2) is 11.5 Å². The number of nitrogens with one attached hydrogen (secondary N) is 1. The number of phenols is 1. The van der Waals surface area contributed by atoms with Gasteiger partial charge in [-0.1, -0.05) is 28.1 Å². The fraction of sp³-hybridized carbons (Fsp3) is 0.111. The lowest BCUT2D eigenvalue weighted by Gasteiger charge is -2.13. The van der Waals surface area contributed by atoms with E-state index in [0.717, 1.165) is 18.2 Å². The molecule has 2 rings (SSSR count). The van der Waals surface area contributed by atoms with Gasteiger partial charge in [0.1, 0.15) is 11.6 Å². The summed E-state index contributed by atoms with van der Waals surface area (Å²) in [7, 11) is 1.32. The van der Waals surface area contributed by atoms with E-state index < -0.39 is 28.9 Å². The zero-order chi connectivity index (χ0) is 20.2. The van der Waals surface area contributed by atoms with Crippen molar-refractivity contribution in [2.24, 2.45) is 0 Å². The van der Waals surface area contributed by atoms with Crippen LogP contribution in [0, 0.1) is 11.3 Å². The Morgan fingerprint density at radius 1 is 1.33 bits per heavy atom. The number of benzene rings is 2. The van der Waals surface area contributed by atoms with Crippen LogP contribution in [0.5, 0.6) is 11.5 Å². The molecule has 0 heterocycles. The summed E-state index contributed by atoms with van der Waals surface area (Å²) in [5.41, 5.74) is -1.59. The van der Waals surface area contributed by atoms with Gasteiger partial charge in [-0.3, -0.25) is 4.79 Å². The topological polar surface area (TPSA) is 82.3 Å². The Hall–Kier alpha value is -2.99. The number of hydrogen-bond acceptors (Lipinski definition) is 4. The molecule has 0 aliphatic carbocycles. The number of carbonyl (C=O) groups is 1. The van der Waals surface area contributed by atoms with Crippen molar-refractivity contribution in [3.05, 3.63) is 57.6 Å². The highest BCUT2D eigenvalue weighted by atomic mass is 79.9. The molecule has 0 aromatic heterocycles. The molecule has 0 aliphatic rings. The minimum atomic E-state index is -4.66. The molecule has 27 heavy (non-hydrogen) atoms. The van der Waals surface area contributed by atoms with Gasteiger partial charge in [0, 0.05) is 4.47 Å². The van der Waals surface area contributed by atoms with Gasteiger partial charge in [-0.25, -0.2) is 0 Å². The number of anilines is 1. The molecule has 2 aromatic rings. The summed E-state index contributed by atoms with van der Waals surface area (Å²) >= 11 is 3.17. The molecule has 0 atom stereocenters. The number of hydrogen-bond donors (Lipinski definition) is 2. The second-order valence-electron chi connectivity index (χ2n) is 5.21. The molecule has 2 aromatic carbocycles. The molecule has 0 fully saturated rings. The Morgan fingerprint density at radius 2 is 2.00 bits per heavy atom. The van der Waals surface area contributed by atoms with Crippen LogP contribution in [0.25, 0.3) is 6.08 Å². The van der Waals surface area contributed by atoms with Gasteiger partial charge < -0.3 is 15.2 Å². The third-order valence-electron chi connectivity index (χ3n) is 3.44. The minimum absolute atomic E-state index is 0.101. The maximum atomic E-state index is 13.0. The predicted octanol–water partition coefficient (Wildman–Crippen LogP) is 4.73. The van der Waals surface area contributed by atoms with Crippen LogP contribution in [0.2, 0.25) is 0 Å². The van der Waals surface area contributed by atoms with E-state index in [4.69, 9.17) is 4.74 Å². The van der Waals surface area contributed by atoms with Gasteiger partial charge in [0.05, 0.1) is 18.4 Å². The summed E-state index contributed by atoms with van der Waals surface area (Å²) in [5.74, 6) is -1.07. The number of ether oxygens (including phenoxy) is 1. The molecule has 0 unspecified atom stereocenters. The van der Waals surface area contributed by atoms with Gasteiger partial charge in [0.2, 0.25) is 0 Å². The van der Waals surface area contributed by atoms with Crippen LogP contribution in [0.4, 0.5) is 18.9 Å². The molecule has 0 spiro atoms. The Labute approximate surface area is 160 Å². The van der Waals surface area contributed by atoms with E-state index in [1.807, 2.05) is 0 Å². The number of halogens is 4. The van der Waals surface area contributed by atoms with E-state index in [2.05, 4.69) is 21.2 Å². The number of phenolic OH excluding ortho intramolecular Hbond substituents is 1. The highest BCUT2D eigenvalue weighted by Gasteiger charge is 2.33. The number of methoxy groups -OCH3 is 1. The molecule has 0 saturated heterocycles. The summed E-state index contributed by atoms with van der Waals surface area (Å²) in [5, 5.41) is 21.0. The van der Waals surface area contributed by atoms with Crippen LogP contribution < -0.4 is 10.1 Å². The van der Waals surface area contributed by atoms with E-state index in [0.29, 0.717) is 10.0 Å². The Morgan fingerprint density at radius 3 is 2.59 bits per heavy atom. The van der Waals surface area contributed by atoms with Gasteiger partial charge >= 0.3 is 6.18 Å². The van der Waals surface area contributed by atoms with Crippen molar-refractivity contribution in [3.8, 4) is 17.6 Å². The molecule has 2 N–H and O–H groups in total. The van der Waals surface area contributed by atoms with Gasteiger partial charge in [0.25, 0.3) is 5.91 Å². The van der Waals surface area contributed by atoms with Crippen LogP contribution in [0.15, 0.2) is 46.4 Å². The van der Waals surface area contributed by atoms with Crippen LogP contribution in [0.1, 0.15) is 11.1 Å². The number of amides is 1. The average Bonchev–Trinajstić information content (AvgIpc) is 2.60. The molecule has 1 amide bonds. The lowest BCUT2D eigenvalue weighted by molar-refractivity contribution is -0.137. The van der Waals surface area contributed by atoms with Gasteiger partial charge in [-0.05, 0) is 35.9 Å². The molecule has 0 radical (unpaired) electrons. The first-order valence-electron chi connectivity index (χ1n) is 7.33. The predicted molar refractivity (Wildman–Crippen MR) is 96.0 cm³/mol. The number of aromatic hydroxyl groups is 1. The number of alkyl halides is 3. The highest BCUT2D eigenvalue weighted by Crippen LogP contribution is 2.35. The molecule has 0 bridgehead atoms. The van der Waals surface area contributed by atoms with Crippen molar-refractivity contribution in [1.29, 1.82) is 5.26 Å². The van der Waals surface area contributed by atoms with Crippen LogP contribution in [-0.4, -0.2) is 18.1 Å². The molecule has 0 saturated carbocycles. The molecular formula is C18H12BrF3N2O3. The largest absolute Gasteiger partial charge is 0.504 e. The normalized spacial score (nSPS) is 11.6. The van der Waals surface area contributed by atoms with Crippen molar-refractivity contribution in [1.82, 2.24) is 0 Å². The third kappa shape index (κ3) is 4.80. The number of nitrogens with zero attached hydrogens (tertiary/aromatic N) is 1. The first kappa shape index (κ1) is 20.3. The van der Waals surface area contributed by atoms with Crippen molar-refractivity contribution in [3.63, 3.8) is 0 Å². The molecule has 9 heteroatoms. The molecule has 5 nitrogen and oxygen atoms in total. The summed E-state index contributed by atoms with van der Waals surface area (Å²) in [6.07, 6.45) is -3.49. The lowest BCUT2D eigenvalue weighted by atomic mass is 10.1. The quantitative estimate of drug-likeness (QED) is 0.531. The second kappa shape index (κ2) is 8.14. The SMILES string of the molecule is COc1cc(/C=C(/C#N)C(=O)Nc2ccccc2C(F)(F)F)c(Br)cc1O. The second-order valence-corrected chi connectivity index (χ2v) is 6.07. The Bertz CT molecular complexity index is 950. The zero-order valence-electron chi connectivity index (χ0n) is 13.8. The van der Waals surface area contributed by atoms with Gasteiger partial charge in [-0.15, -0.1) is 0 Å². The van der Waals surface area contributed by atoms with E-state index in [1.54, 1.807) is 6.07 Å². The van der Waals surface area contributed by atoms with Crippen molar-refractivity contribution in [2.75, 3.05) is 12.4 Å². The van der Waals surface area contributed by atoms with E-state index >= 15 is 0 Å². The zero-order valence-corrected chi connectivity index (χ0v) is 15.4. The minimum Gasteiger partial charge on any atom is -0.504 e. The standard InChI is InChI=1S/C18H12BrF3N2O3/c1-27-16-7-10(13(19)8-15(16)25)6-11(9-23)17(26)24-14-5-3-2-4-12(14)18(20,21)22/h2-8,25H,1H3,(H,24,26)/b11-6-. The maximum Gasteiger partial charge on any atom is 0.418 e. The first-order chi connectivity index (χ1) is 12.7. The van der Waals surface area contributed by atoms with Gasteiger partial charge in [-0.2, -0.15) is 18.4 Å². The van der Waals surface area contributed by atoms with Crippen molar-refractivity contribution in [2.45, 2.75) is 6.18 Å². The lowest BCUT2D eigenvalue weighted by Crippen LogP contribution is -2.17. The first-order valence-corrected chi connectivity index (χ1v) is 8.12. The molecule has 0 aliphatic heterocycles. The van der Waals surface area contributed by atoms with E-state index in [9.17, 15) is 28.3 Å². The number of nitriles is 1. The number of rotatable bonds is 4. The average molecular weight is 441 g/mol. The smallest absolute Gasteiger partial charge is 0.418 e. The maximum absolute atomic E-state index is 13.0. The fourth-order valence-corrected chi connectivity index (χ4v) is 2.61. The summed E-state index contributed by atoms with van der Waals surface area (Å²) in [4.78, 5) is 12.3. The van der Waals surface area contributed by atoms with Crippen molar-refractivity contribution >= 4 is 33.6 Å². The fourth-order valence-electron chi connectivity index (χ4n) is 2.17. The van der Waals surface area contributed by atoms with Crippen LogP contribution in [0.3, 0.4) is 0 Å². The molecule has 140 valence electrons. The summed E-state index contributed by atoms with van der Waals surface area (Å²) < 4.78 is 44.4. The monoisotopic (exact) mass is 440 g/mol. The Kier molecular flexibility index (Phi) is 6.13.